The van der Waals surface area contributed by atoms with E-state index in [0.717, 1.165) is 0 Å². The second-order valence-corrected chi connectivity index (χ2v) is 5.02. The highest BCUT2D eigenvalue weighted by Gasteiger charge is 2.35. The van der Waals surface area contributed by atoms with E-state index in [4.69, 9.17) is 17.0 Å². The number of thiocarbonyl (C=S) groups is 1. The summed E-state index contributed by atoms with van der Waals surface area (Å²) < 4.78 is 4.96. The maximum atomic E-state index is 11.5. The summed E-state index contributed by atoms with van der Waals surface area (Å²) in [5.74, 6) is -2.19. The zero-order valence-electron chi connectivity index (χ0n) is 12.2. The lowest BCUT2D eigenvalue weighted by molar-refractivity contribution is -0.140. The largest absolute Gasteiger partial charge is 0.481 e. The molecule has 22 heavy (non-hydrogen) atoms. The van der Waals surface area contributed by atoms with Crippen molar-refractivity contribution in [3.63, 3.8) is 0 Å². The third-order valence-corrected chi connectivity index (χ3v) is 3.08. The van der Waals surface area contributed by atoms with Crippen molar-refractivity contribution in [1.82, 2.24) is 16.0 Å². The van der Waals surface area contributed by atoms with Gasteiger partial charge in [-0.15, -0.1) is 0 Å². The second-order valence-electron chi connectivity index (χ2n) is 4.63. The molecular weight excluding hydrogens is 312 g/mol. The second kappa shape index (κ2) is 8.27. The fourth-order valence-electron chi connectivity index (χ4n) is 1.90. The smallest absolute Gasteiger partial charge is 0.407 e. The van der Waals surface area contributed by atoms with Crippen molar-refractivity contribution in [2.45, 2.75) is 19.9 Å². The first kappa shape index (κ1) is 17.8. The Morgan fingerprint density at radius 2 is 2.00 bits per heavy atom. The first-order valence-electron chi connectivity index (χ1n) is 6.54. The van der Waals surface area contributed by atoms with Crippen LogP contribution in [-0.2, 0) is 14.3 Å². The summed E-state index contributed by atoms with van der Waals surface area (Å²) in [6.45, 7) is 3.24. The van der Waals surface area contributed by atoms with Crippen LogP contribution in [0.4, 0.5) is 4.79 Å². The minimum absolute atomic E-state index is 0.162. The summed E-state index contributed by atoms with van der Waals surface area (Å²) in [5.41, 5.74) is 0.357. The number of amides is 2. The molecule has 2 unspecified atom stereocenters. The van der Waals surface area contributed by atoms with Crippen molar-refractivity contribution in [2.24, 2.45) is 10.9 Å². The maximum Gasteiger partial charge on any atom is 0.407 e. The Labute approximate surface area is 132 Å². The van der Waals surface area contributed by atoms with E-state index in [0.29, 0.717) is 5.71 Å². The summed E-state index contributed by atoms with van der Waals surface area (Å²) in [6, 6.07) is -0.677. The zero-order valence-corrected chi connectivity index (χ0v) is 13.0. The minimum Gasteiger partial charge on any atom is -0.481 e. The molecule has 9 nitrogen and oxygen atoms in total. The molecule has 2 amide bonds. The van der Waals surface area contributed by atoms with E-state index in [9.17, 15) is 19.5 Å². The Morgan fingerprint density at radius 3 is 2.59 bits per heavy atom. The lowest BCUT2D eigenvalue weighted by Crippen LogP contribution is -2.52. The van der Waals surface area contributed by atoms with E-state index >= 15 is 0 Å². The fraction of sp³-hybridized carbons (Fsp3) is 0.583. The molecule has 0 aliphatic carbocycles. The Kier molecular flexibility index (Phi) is 6.70. The molecule has 122 valence electrons. The minimum atomic E-state index is -1.07. The number of aliphatic carboxylic acids is 1. The van der Waals surface area contributed by atoms with Gasteiger partial charge in [0.2, 0.25) is 5.91 Å². The van der Waals surface area contributed by atoms with Gasteiger partial charge in [0.1, 0.15) is 12.5 Å². The quantitative estimate of drug-likeness (QED) is 0.373. The number of carbonyl (C=O) groups excluding carboxylic acids is 2. The van der Waals surface area contributed by atoms with Gasteiger partial charge in [0.25, 0.3) is 0 Å². The number of rotatable bonds is 6. The number of nitrogens with one attached hydrogen (secondary N) is 3. The lowest BCUT2D eigenvalue weighted by Gasteiger charge is -2.28. The van der Waals surface area contributed by atoms with Gasteiger partial charge in [-0.2, -0.15) is 0 Å². The van der Waals surface area contributed by atoms with Crippen LogP contribution in [0.2, 0.25) is 0 Å². The zero-order chi connectivity index (χ0) is 16.7. The van der Waals surface area contributed by atoms with Crippen LogP contribution >= 0.6 is 12.2 Å². The number of carboxylic acids is 1. The SMILES string of the molecule is CC(=O)NCCNC(=O)OCC1NC(=S)N=C(C)C1C(=O)O. The molecule has 0 radical (unpaired) electrons. The molecule has 0 saturated heterocycles. The van der Waals surface area contributed by atoms with Crippen LogP contribution in [0.15, 0.2) is 4.99 Å². The van der Waals surface area contributed by atoms with Gasteiger partial charge in [0.15, 0.2) is 5.11 Å². The van der Waals surface area contributed by atoms with Crippen molar-refractivity contribution >= 4 is 41.0 Å². The number of alkyl carbamates (subject to hydrolysis) is 1. The van der Waals surface area contributed by atoms with E-state index in [1.165, 1.54) is 6.92 Å². The van der Waals surface area contributed by atoms with Gasteiger partial charge >= 0.3 is 12.1 Å². The summed E-state index contributed by atoms with van der Waals surface area (Å²) >= 11 is 4.90. The normalized spacial score (nSPS) is 20.5. The van der Waals surface area contributed by atoms with Crippen LogP contribution in [0.3, 0.4) is 0 Å². The molecular formula is C12H18N4O5S. The van der Waals surface area contributed by atoms with Crippen molar-refractivity contribution in [2.75, 3.05) is 19.7 Å². The molecule has 1 rings (SSSR count). The van der Waals surface area contributed by atoms with Crippen molar-refractivity contribution in [3.8, 4) is 0 Å². The number of hydrogen-bond acceptors (Lipinski definition) is 5. The average molecular weight is 330 g/mol. The van der Waals surface area contributed by atoms with Gasteiger partial charge in [0, 0.05) is 25.7 Å². The average Bonchev–Trinajstić information content (AvgIpc) is 2.39. The molecule has 0 saturated carbocycles. The molecule has 1 aliphatic heterocycles. The standard InChI is InChI=1S/C12H18N4O5S/c1-6-9(10(18)19)8(16-11(22)15-6)5-21-12(20)14-4-3-13-7(2)17/h8-9H,3-5H2,1-2H3,(H,13,17)(H,14,20)(H,16,22)(H,18,19). The van der Waals surface area contributed by atoms with Crippen LogP contribution < -0.4 is 16.0 Å². The highest BCUT2D eigenvalue weighted by atomic mass is 32.1. The highest BCUT2D eigenvalue weighted by Crippen LogP contribution is 2.13. The van der Waals surface area contributed by atoms with Crippen LogP contribution in [0, 0.1) is 5.92 Å². The van der Waals surface area contributed by atoms with Gasteiger partial charge in [-0.25, -0.2) is 9.79 Å². The van der Waals surface area contributed by atoms with Gasteiger partial charge < -0.3 is 25.8 Å². The van der Waals surface area contributed by atoms with Gasteiger partial charge in [-0.05, 0) is 19.1 Å². The molecule has 0 spiro atoms. The Hall–Kier alpha value is -2.23. The fourth-order valence-corrected chi connectivity index (χ4v) is 2.20. The molecule has 4 N–H and O–H groups in total. The van der Waals surface area contributed by atoms with E-state index < -0.39 is 24.0 Å². The van der Waals surface area contributed by atoms with E-state index in [2.05, 4.69) is 20.9 Å². The number of carbonyl (C=O) groups is 3. The topological polar surface area (TPSA) is 129 Å². The Balaban J connectivity index is 2.43. The van der Waals surface area contributed by atoms with E-state index in [1.807, 2.05) is 0 Å². The number of nitrogens with zero attached hydrogens (tertiary/aromatic N) is 1. The van der Waals surface area contributed by atoms with Crippen LogP contribution in [0.5, 0.6) is 0 Å². The van der Waals surface area contributed by atoms with Crippen molar-refractivity contribution in [1.29, 1.82) is 0 Å². The first-order valence-corrected chi connectivity index (χ1v) is 6.95. The maximum absolute atomic E-state index is 11.5. The molecule has 0 fully saturated rings. The monoisotopic (exact) mass is 330 g/mol. The molecule has 1 heterocycles. The predicted octanol–water partition coefficient (Wildman–Crippen LogP) is -0.733. The number of hydrogen-bond donors (Lipinski definition) is 4. The molecule has 0 aromatic heterocycles. The van der Waals surface area contributed by atoms with Crippen LogP contribution in [-0.4, -0.2) is 59.6 Å². The van der Waals surface area contributed by atoms with E-state index in [-0.39, 0.29) is 30.7 Å². The molecule has 1 aliphatic rings. The van der Waals surface area contributed by atoms with Gasteiger partial charge in [-0.3, -0.25) is 9.59 Å². The van der Waals surface area contributed by atoms with Gasteiger partial charge in [0.05, 0.1) is 6.04 Å². The Bertz CT molecular complexity index is 508. The van der Waals surface area contributed by atoms with E-state index in [1.54, 1.807) is 6.92 Å². The summed E-state index contributed by atoms with van der Waals surface area (Å²) in [4.78, 5) is 37.3. The van der Waals surface area contributed by atoms with Crippen LogP contribution in [0.25, 0.3) is 0 Å². The number of carboxylic acid groups (broad SMARTS) is 1. The van der Waals surface area contributed by atoms with Crippen molar-refractivity contribution < 1.29 is 24.2 Å². The lowest BCUT2D eigenvalue weighted by atomic mass is 9.94. The molecule has 0 aromatic carbocycles. The molecule has 0 bridgehead atoms. The van der Waals surface area contributed by atoms with Crippen molar-refractivity contribution in [3.05, 3.63) is 0 Å². The third kappa shape index (κ3) is 5.64. The first-order chi connectivity index (χ1) is 10.3. The summed E-state index contributed by atoms with van der Waals surface area (Å²) in [6.07, 6.45) is -0.706. The highest BCUT2D eigenvalue weighted by molar-refractivity contribution is 7.80. The molecule has 10 heteroatoms. The Morgan fingerprint density at radius 1 is 1.36 bits per heavy atom. The third-order valence-electron chi connectivity index (χ3n) is 2.87. The molecule has 0 aromatic rings. The predicted molar refractivity (Wildman–Crippen MR) is 81.8 cm³/mol. The van der Waals surface area contributed by atoms with Gasteiger partial charge in [-0.1, -0.05) is 0 Å². The number of aliphatic imine (C=N–C) groups is 1. The summed E-state index contributed by atoms with van der Waals surface area (Å²) in [7, 11) is 0. The summed E-state index contributed by atoms with van der Waals surface area (Å²) in [5, 5.41) is 17.0. The molecule has 2 atom stereocenters. The number of ether oxygens (including phenoxy) is 1. The van der Waals surface area contributed by atoms with Crippen LogP contribution in [0.1, 0.15) is 13.8 Å².